The van der Waals surface area contributed by atoms with Crippen molar-refractivity contribution in [2.75, 3.05) is 24.8 Å². The molecule has 0 radical (unpaired) electrons. The minimum Gasteiger partial charge on any atom is -0.494 e. The van der Waals surface area contributed by atoms with Crippen molar-refractivity contribution in [3.8, 4) is 11.5 Å². The summed E-state index contributed by atoms with van der Waals surface area (Å²) in [6.07, 6.45) is 1.12. The van der Waals surface area contributed by atoms with Crippen molar-refractivity contribution in [2.45, 2.75) is 19.6 Å². The molecule has 0 fully saturated rings. The Morgan fingerprint density at radius 1 is 1.07 bits per heavy atom. The van der Waals surface area contributed by atoms with Gasteiger partial charge in [-0.2, -0.15) is 0 Å². The summed E-state index contributed by atoms with van der Waals surface area (Å²) in [6.45, 7) is 4.59. The molecule has 3 aromatic rings. The van der Waals surface area contributed by atoms with Gasteiger partial charge >= 0.3 is 0 Å². The number of para-hydroxylation sites is 1. The van der Waals surface area contributed by atoms with Crippen LogP contribution in [0.4, 0.5) is 5.69 Å². The molecule has 7 nitrogen and oxygen atoms in total. The molecular weight excluding hydrogens is 394 g/mol. The average Bonchev–Trinajstić information content (AvgIpc) is 3.01. The molecule has 0 atom stereocenters. The van der Waals surface area contributed by atoms with Crippen LogP contribution in [-0.2, 0) is 15.6 Å². The maximum absolute atomic E-state index is 13.0. The van der Waals surface area contributed by atoms with Crippen LogP contribution in [0.2, 0.25) is 0 Å². The Hall–Kier alpha value is -3.00. The van der Waals surface area contributed by atoms with Crippen LogP contribution in [0, 0.1) is 0 Å². The molecule has 29 heavy (non-hydrogen) atoms. The van der Waals surface area contributed by atoms with Gasteiger partial charge in [-0.25, -0.2) is 8.42 Å². The first-order chi connectivity index (χ1) is 13.8. The van der Waals surface area contributed by atoms with Gasteiger partial charge in [-0.15, -0.1) is 0 Å². The molecule has 0 saturated heterocycles. The number of rotatable bonds is 8. The highest BCUT2D eigenvalue weighted by atomic mass is 32.2. The number of sulfone groups is 1. The molecule has 0 aliphatic rings. The van der Waals surface area contributed by atoms with E-state index in [-0.39, 0.29) is 11.5 Å². The molecule has 0 aliphatic heterocycles. The first-order valence-corrected chi connectivity index (χ1v) is 11.3. The maximum Gasteiger partial charge on any atom is 0.291 e. The normalized spacial score (nSPS) is 11.4. The maximum atomic E-state index is 13.0. The molecule has 0 saturated carbocycles. The summed E-state index contributed by atoms with van der Waals surface area (Å²) in [5.41, 5.74) is 1.19. The van der Waals surface area contributed by atoms with E-state index in [1.54, 1.807) is 42.5 Å². The van der Waals surface area contributed by atoms with Crippen molar-refractivity contribution in [3.63, 3.8) is 0 Å². The number of nitrogens with one attached hydrogen (secondary N) is 1. The van der Waals surface area contributed by atoms with Crippen molar-refractivity contribution in [2.24, 2.45) is 0 Å². The Kier molecular flexibility index (Phi) is 6.12. The molecule has 154 valence electrons. The van der Waals surface area contributed by atoms with Crippen molar-refractivity contribution in [1.29, 1.82) is 0 Å². The number of hydrogen-bond acceptors (Lipinski definition) is 6. The number of ether oxygens (including phenoxy) is 2. The minimum absolute atomic E-state index is 0.0408. The van der Waals surface area contributed by atoms with Crippen LogP contribution in [0.15, 0.2) is 46.9 Å². The van der Waals surface area contributed by atoms with Gasteiger partial charge in [0.05, 0.1) is 24.7 Å². The second-order valence-electron chi connectivity index (χ2n) is 6.45. The third-order valence-electron chi connectivity index (χ3n) is 4.12. The molecular formula is C21H23NO6S. The lowest BCUT2D eigenvalue weighted by molar-refractivity contribution is 0.0997. The fourth-order valence-electron chi connectivity index (χ4n) is 3.01. The van der Waals surface area contributed by atoms with Crippen LogP contribution in [0.3, 0.4) is 0 Å². The number of amides is 1. The lowest BCUT2D eigenvalue weighted by Gasteiger charge is -2.13. The Balaban J connectivity index is 2.02. The van der Waals surface area contributed by atoms with Crippen LogP contribution >= 0.6 is 0 Å². The third-order valence-corrected chi connectivity index (χ3v) is 4.93. The van der Waals surface area contributed by atoms with Gasteiger partial charge in [0.25, 0.3) is 5.91 Å². The predicted octanol–water partition coefficient (Wildman–Crippen LogP) is 4.03. The fraction of sp³-hybridized carbons (Fsp3) is 0.286. The topological polar surface area (TPSA) is 94.8 Å². The summed E-state index contributed by atoms with van der Waals surface area (Å²) in [5.74, 6) is 0.150. The van der Waals surface area contributed by atoms with Crippen molar-refractivity contribution < 1.29 is 27.1 Å². The Morgan fingerprint density at radius 3 is 2.48 bits per heavy atom. The largest absolute Gasteiger partial charge is 0.494 e. The second-order valence-corrected chi connectivity index (χ2v) is 8.59. The van der Waals surface area contributed by atoms with E-state index in [0.717, 1.165) is 6.26 Å². The molecule has 0 spiro atoms. The smallest absolute Gasteiger partial charge is 0.291 e. The van der Waals surface area contributed by atoms with Crippen molar-refractivity contribution in [1.82, 2.24) is 0 Å². The summed E-state index contributed by atoms with van der Waals surface area (Å²) in [4.78, 5) is 13.0. The van der Waals surface area contributed by atoms with Gasteiger partial charge in [-0.3, -0.25) is 4.79 Å². The van der Waals surface area contributed by atoms with E-state index >= 15 is 0 Å². The second kappa shape index (κ2) is 8.57. The van der Waals surface area contributed by atoms with Crippen molar-refractivity contribution in [3.05, 3.63) is 53.8 Å². The summed E-state index contributed by atoms with van der Waals surface area (Å²) in [7, 11) is -3.38. The van der Waals surface area contributed by atoms with Crippen LogP contribution in [0.25, 0.3) is 11.0 Å². The van der Waals surface area contributed by atoms with Gasteiger partial charge in [0.1, 0.15) is 17.1 Å². The average molecular weight is 417 g/mol. The quantitative estimate of drug-likeness (QED) is 0.595. The zero-order valence-electron chi connectivity index (χ0n) is 16.5. The van der Waals surface area contributed by atoms with Crippen LogP contribution < -0.4 is 14.8 Å². The lowest BCUT2D eigenvalue weighted by Crippen LogP contribution is -2.15. The zero-order chi connectivity index (χ0) is 21.0. The lowest BCUT2D eigenvalue weighted by atomic mass is 10.1. The van der Waals surface area contributed by atoms with Crippen LogP contribution in [0.5, 0.6) is 11.5 Å². The SMILES string of the molecule is CCOc1ccc(OCC)c(NC(=O)c2oc3ccccc3c2CS(C)(=O)=O)c1. The molecule has 1 heterocycles. The highest BCUT2D eigenvalue weighted by molar-refractivity contribution is 7.89. The Labute approximate surface area is 169 Å². The monoisotopic (exact) mass is 417 g/mol. The molecule has 1 N–H and O–H groups in total. The Bertz CT molecular complexity index is 1130. The first kappa shape index (κ1) is 20.7. The van der Waals surface area contributed by atoms with Gasteiger partial charge in [0.15, 0.2) is 15.6 Å². The summed E-state index contributed by atoms with van der Waals surface area (Å²) in [5, 5.41) is 3.36. The highest BCUT2D eigenvalue weighted by Crippen LogP contribution is 2.32. The standard InChI is InChI=1S/C21H23NO6S/c1-4-26-14-10-11-19(27-5-2)17(12-14)22-21(23)20-16(13-29(3,24)25)15-8-6-7-9-18(15)28-20/h6-12H,4-5,13H2,1-3H3,(H,22,23). The van der Waals surface area contributed by atoms with Gasteiger partial charge in [0, 0.05) is 23.3 Å². The van der Waals surface area contributed by atoms with E-state index in [9.17, 15) is 13.2 Å². The summed E-state index contributed by atoms with van der Waals surface area (Å²) < 4.78 is 40.6. The molecule has 3 rings (SSSR count). The first-order valence-electron chi connectivity index (χ1n) is 9.21. The third kappa shape index (κ3) is 4.89. The number of carbonyl (C=O) groups is 1. The molecule has 2 aromatic carbocycles. The molecule has 0 unspecified atom stereocenters. The van der Waals surface area contributed by atoms with E-state index in [4.69, 9.17) is 13.9 Å². The van der Waals surface area contributed by atoms with E-state index in [2.05, 4.69) is 5.32 Å². The molecule has 1 aromatic heterocycles. The summed E-state index contributed by atoms with van der Waals surface area (Å²) in [6, 6.07) is 12.1. The fourth-order valence-corrected chi connectivity index (χ4v) is 3.82. The van der Waals surface area contributed by atoms with Gasteiger partial charge < -0.3 is 19.2 Å². The van der Waals surface area contributed by atoms with E-state index in [1.165, 1.54) is 0 Å². The Morgan fingerprint density at radius 2 is 1.79 bits per heavy atom. The van der Waals surface area contributed by atoms with E-state index < -0.39 is 15.7 Å². The van der Waals surface area contributed by atoms with Crippen LogP contribution in [0.1, 0.15) is 30.0 Å². The van der Waals surface area contributed by atoms with Gasteiger partial charge in [-0.1, -0.05) is 18.2 Å². The molecule has 1 amide bonds. The minimum atomic E-state index is -3.38. The molecule has 0 bridgehead atoms. The van der Waals surface area contributed by atoms with E-state index in [0.29, 0.717) is 46.9 Å². The van der Waals surface area contributed by atoms with Gasteiger partial charge in [-0.05, 0) is 32.0 Å². The highest BCUT2D eigenvalue weighted by Gasteiger charge is 2.24. The predicted molar refractivity (Wildman–Crippen MR) is 111 cm³/mol. The number of fused-ring (bicyclic) bond motifs is 1. The summed E-state index contributed by atoms with van der Waals surface area (Å²) >= 11 is 0. The molecule has 8 heteroatoms. The van der Waals surface area contributed by atoms with Gasteiger partial charge in [0.2, 0.25) is 0 Å². The number of hydrogen-bond donors (Lipinski definition) is 1. The molecule has 0 aliphatic carbocycles. The van der Waals surface area contributed by atoms with E-state index in [1.807, 2.05) is 13.8 Å². The number of benzene rings is 2. The number of furan rings is 1. The van der Waals surface area contributed by atoms with Crippen LogP contribution in [-0.4, -0.2) is 33.8 Å². The number of anilines is 1. The van der Waals surface area contributed by atoms with Crippen molar-refractivity contribution >= 4 is 32.4 Å². The number of carbonyl (C=O) groups excluding carboxylic acids is 1. The zero-order valence-corrected chi connectivity index (χ0v) is 17.3.